The molecule has 3 heteroatoms. The fraction of sp³-hybridized carbons (Fsp3) is 0.385. The zero-order valence-electron chi connectivity index (χ0n) is 10.4. The van der Waals surface area contributed by atoms with Crippen molar-refractivity contribution in [1.29, 1.82) is 0 Å². The lowest BCUT2D eigenvalue weighted by Crippen LogP contribution is -2.17. The lowest BCUT2D eigenvalue weighted by Gasteiger charge is -2.03. The summed E-state index contributed by atoms with van der Waals surface area (Å²) in [6.07, 6.45) is 0. The second-order valence-corrected chi connectivity index (χ2v) is 3.79. The van der Waals surface area contributed by atoms with Gasteiger partial charge in [-0.1, -0.05) is 29.8 Å². The van der Waals surface area contributed by atoms with E-state index in [1.165, 1.54) is 5.56 Å². The molecular weight excluding hydrogens is 198 g/mol. The number of amidine groups is 1. The standard InChI is InChI=1S/C13H19N3/c1-10-5-7-12(8-6-10)13(15-4)16-11(2)9-14-3/h5-8,14H,9H2,1-4H3/b15-13-,16-11+. The predicted molar refractivity (Wildman–Crippen MR) is 70.7 cm³/mol. The maximum absolute atomic E-state index is 4.49. The molecule has 0 saturated heterocycles. The molecule has 0 fully saturated rings. The minimum Gasteiger partial charge on any atom is -0.315 e. The van der Waals surface area contributed by atoms with Crippen molar-refractivity contribution < 1.29 is 0 Å². The van der Waals surface area contributed by atoms with E-state index in [4.69, 9.17) is 0 Å². The van der Waals surface area contributed by atoms with E-state index in [9.17, 15) is 0 Å². The van der Waals surface area contributed by atoms with Crippen molar-refractivity contribution in [1.82, 2.24) is 5.32 Å². The highest BCUT2D eigenvalue weighted by molar-refractivity contribution is 6.06. The first-order valence-electron chi connectivity index (χ1n) is 5.40. The largest absolute Gasteiger partial charge is 0.315 e. The molecular formula is C13H19N3. The summed E-state index contributed by atoms with van der Waals surface area (Å²) in [6.45, 7) is 4.85. The molecule has 1 aromatic rings. The summed E-state index contributed by atoms with van der Waals surface area (Å²) in [5, 5.41) is 3.07. The number of hydrogen-bond acceptors (Lipinski definition) is 2. The van der Waals surface area contributed by atoms with Crippen molar-refractivity contribution in [2.75, 3.05) is 20.6 Å². The Hall–Kier alpha value is -1.48. The second-order valence-electron chi connectivity index (χ2n) is 3.79. The molecule has 0 aromatic heterocycles. The molecule has 1 aromatic carbocycles. The molecule has 0 aliphatic carbocycles. The number of aliphatic imine (C=N–C) groups is 2. The van der Waals surface area contributed by atoms with Crippen molar-refractivity contribution in [3.05, 3.63) is 35.4 Å². The SMILES string of the molecule is C/N=C(\N=C(/C)CNC)c1ccc(C)cc1. The third-order valence-electron chi connectivity index (χ3n) is 2.25. The van der Waals surface area contributed by atoms with Crippen LogP contribution in [-0.4, -0.2) is 32.2 Å². The first kappa shape index (κ1) is 12.6. The van der Waals surface area contributed by atoms with E-state index in [0.717, 1.165) is 23.7 Å². The minimum atomic E-state index is 0.783. The Morgan fingerprint density at radius 3 is 2.38 bits per heavy atom. The Morgan fingerprint density at radius 1 is 1.25 bits per heavy atom. The zero-order chi connectivity index (χ0) is 12.0. The molecule has 0 bridgehead atoms. The Labute approximate surface area is 97.3 Å². The van der Waals surface area contributed by atoms with Gasteiger partial charge in [-0.15, -0.1) is 0 Å². The van der Waals surface area contributed by atoms with Gasteiger partial charge >= 0.3 is 0 Å². The summed E-state index contributed by atoms with van der Waals surface area (Å²) in [4.78, 5) is 8.70. The summed E-state index contributed by atoms with van der Waals surface area (Å²) < 4.78 is 0. The molecule has 86 valence electrons. The molecule has 0 amide bonds. The smallest absolute Gasteiger partial charge is 0.154 e. The van der Waals surface area contributed by atoms with E-state index in [0.29, 0.717) is 0 Å². The van der Waals surface area contributed by atoms with Crippen LogP contribution in [0.2, 0.25) is 0 Å². The topological polar surface area (TPSA) is 36.8 Å². The first-order chi connectivity index (χ1) is 7.67. The molecule has 0 unspecified atom stereocenters. The van der Waals surface area contributed by atoms with Crippen LogP contribution in [0, 0.1) is 6.92 Å². The second kappa shape index (κ2) is 6.18. The molecule has 0 saturated carbocycles. The van der Waals surface area contributed by atoms with Crippen molar-refractivity contribution >= 4 is 11.5 Å². The average Bonchev–Trinajstić information content (AvgIpc) is 2.27. The fourth-order valence-corrected chi connectivity index (χ4v) is 1.42. The molecule has 0 atom stereocenters. The fourth-order valence-electron chi connectivity index (χ4n) is 1.42. The van der Waals surface area contributed by atoms with Gasteiger partial charge in [0.25, 0.3) is 0 Å². The Bertz CT molecular complexity index is 388. The van der Waals surface area contributed by atoms with Gasteiger partial charge in [-0.05, 0) is 20.9 Å². The Balaban J connectivity index is 2.92. The number of rotatable bonds is 3. The number of hydrogen-bond donors (Lipinski definition) is 1. The molecule has 0 heterocycles. The lowest BCUT2D eigenvalue weighted by molar-refractivity contribution is 0.943. The van der Waals surface area contributed by atoms with Gasteiger partial charge in [0.15, 0.2) is 5.84 Å². The highest BCUT2D eigenvalue weighted by Crippen LogP contribution is 2.05. The summed E-state index contributed by atoms with van der Waals surface area (Å²) in [7, 11) is 3.68. The van der Waals surface area contributed by atoms with Gasteiger partial charge in [-0.2, -0.15) is 0 Å². The molecule has 3 nitrogen and oxygen atoms in total. The summed E-state index contributed by atoms with van der Waals surface area (Å²) in [5.74, 6) is 0.785. The lowest BCUT2D eigenvalue weighted by atomic mass is 10.1. The van der Waals surface area contributed by atoms with Crippen LogP contribution in [0.3, 0.4) is 0 Å². The molecule has 0 spiro atoms. The van der Waals surface area contributed by atoms with Crippen LogP contribution in [-0.2, 0) is 0 Å². The Morgan fingerprint density at radius 2 is 1.88 bits per heavy atom. The minimum absolute atomic E-state index is 0.783. The van der Waals surface area contributed by atoms with Crippen LogP contribution in [0.5, 0.6) is 0 Å². The van der Waals surface area contributed by atoms with Crippen molar-refractivity contribution in [2.24, 2.45) is 9.98 Å². The van der Waals surface area contributed by atoms with Crippen molar-refractivity contribution in [3.63, 3.8) is 0 Å². The number of nitrogens with one attached hydrogen (secondary N) is 1. The van der Waals surface area contributed by atoms with Gasteiger partial charge in [0, 0.05) is 24.9 Å². The third-order valence-corrected chi connectivity index (χ3v) is 2.25. The van der Waals surface area contributed by atoms with Crippen molar-refractivity contribution in [2.45, 2.75) is 13.8 Å². The van der Waals surface area contributed by atoms with E-state index >= 15 is 0 Å². The predicted octanol–water partition coefficient (Wildman–Crippen LogP) is 2.05. The third kappa shape index (κ3) is 3.59. The van der Waals surface area contributed by atoms with Gasteiger partial charge < -0.3 is 5.32 Å². The van der Waals surface area contributed by atoms with E-state index in [1.54, 1.807) is 7.05 Å². The van der Waals surface area contributed by atoms with Gasteiger partial charge in [0.05, 0.1) is 0 Å². The maximum Gasteiger partial charge on any atom is 0.154 e. The summed E-state index contributed by atoms with van der Waals surface area (Å²) in [5.41, 5.74) is 3.34. The van der Waals surface area contributed by atoms with Crippen LogP contribution in [0.15, 0.2) is 34.3 Å². The molecule has 1 rings (SSSR count). The molecule has 0 aliphatic heterocycles. The van der Waals surface area contributed by atoms with Crippen LogP contribution in [0.4, 0.5) is 0 Å². The van der Waals surface area contributed by atoms with Crippen LogP contribution >= 0.6 is 0 Å². The summed E-state index contributed by atoms with van der Waals surface area (Å²) in [6, 6.07) is 8.24. The van der Waals surface area contributed by atoms with Gasteiger partial charge in [0.1, 0.15) is 0 Å². The van der Waals surface area contributed by atoms with Gasteiger partial charge in [0.2, 0.25) is 0 Å². The normalized spacial score (nSPS) is 13.0. The first-order valence-corrected chi connectivity index (χ1v) is 5.40. The van der Waals surface area contributed by atoms with Crippen LogP contribution < -0.4 is 5.32 Å². The van der Waals surface area contributed by atoms with E-state index in [-0.39, 0.29) is 0 Å². The van der Waals surface area contributed by atoms with E-state index in [2.05, 4.69) is 34.4 Å². The highest BCUT2D eigenvalue weighted by atomic mass is 14.9. The number of nitrogens with zero attached hydrogens (tertiary/aromatic N) is 2. The molecule has 0 aliphatic rings. The Kier molecular flexibility index (Phi) is 4.86. The monoisotopic (exact) mass is 217 g/mol. The van der Waals surface area contributed by atoms with Crippen LogP contribution in [0.1, 0.15) is 18.1 Å². The van der Waals surface area contributed by atoms with Crippen molar-refractivity contribution in [3.8, 4) is 0 Å². The number of aryl methyl sites for hydroxylation is 1. The molecule has 0 radical (unpaired) electrons. The molecule has 16 heavy (non-hydrogen) atoms. The molecule has 1 N–H and O–H groups in total. The summed E-state index contributed by atoms with van der Waals surface area (Å²) >= 11 is 0. The van der Waals surface area contributed by atoms with E-state index in [1.807, 2.05) is 26.1 Å². The van der Waals surface area contributed by atoms with Gasteiger partial charge in [-0.25, -0.2) is 4.99 Å². The quantitative estimate of drug-likeness (QED) is 0.610. The van der Waals surface area contributed by atoms with Gasteiger partial charge in [-0.3, -0.25) is 4.99 Å². The maximum atomic E-state index is 4.49. The zero-order valence-corrected chi connectivity index (χ0v) is 10.4. The highest BCUT2D eigenvalue weighted by Gasteiger charge is 2.01. The number of benzene rings is 1. The van der Waals surface area contributed by atoms with E-state index < -0.39 is 0 Å². The average molecular weight is 217 g/mol. The van der Waals surface area contributed by atoms with Crippen LogP contribution in [0.25, 0.3) is 0 Å².